The van der Waals surface area contributed by atoms with Crippen LogP contribution < -0.4 is 0 Å². The predicted molar refractivity (Wildman–Crippen MR) is 113 cm³/mol. The van der Waals surface area contributed by atoms with E-state index in [1.165, 1.54) is 0 Å². The number of rotatable bonds is 4. The first-order chi connectivity index (χ1) is 12.9. The Balaban J connectivity index is 0.00000420. The van der Waals surface area contributed by atoms with Crippen molar-refractivity contribution in [1.29, 1.82) is 5.41 Å². The molecule has 2 aliphatic heterocycles. The first-order valence-electron chi connectivity index (χ1n) is 10.1. The van der Waals surface area contributed by atoms with Crippen LogP contribution in [0.3, 0.4) is 0 Å². The molecule has 29 heavy (non-hydrogen) atoms. The molecular weight excluding hydrogens is 652 g/mol. The molecule has 5 nitrogen and oxygen atoms in total. The average Bonchev–Trinajstić information content (AvgIpc) is 2.62. The van der Waals surface area contributed by atoms with Crippen molar-refractivity contribution in [2.45, 2.75) is 76.4 Å². The third-order valence-electron chi connectivity index (χ3n) is 7.24. The van der Waals surface area contributed by atoms with Crippen molar-refractivity contribution in [1.82, 2.24) is 0 Å². The maximum absolute atomic E-state index is 9.70. The largest absolute Gasteiger partial charge is 0.448 e. The number of hydrogen-bond donors (Lipinski definition) is 2. The zero-order chi connectivity index (χ0) is 21.4. The fourth-order valence-corrected chi connectivity index (χ4v) is 4.74. The topological polar surface area (TPSA) is 71.8 Å². The van der Waals surface area contributed by atoms with Gasteiger partial charge in [-0.25, -0.2) is 0 Å². The molecule has 0 spiro atoms. The van der Waals surface area contributed by atoms with Crippen molar-refractivity contribution < 1.29 is 63.4 Å². The molecule has 1 radical (unpaired) electrons. The summed E-state index contributed by atoms with van der Waals surface area (Å²) in [5.41, 5.74) is 0. The summed E-state index contributed by atoms with van der Waals surface area (Å²) < 4.78 is 16.0. The third-order valence-corrected chi connectivity index (χ3v) is 7.76. The van der Waals surface area contributed by atoms with E-state index in [1.807, 2.05) is 13.8 Å². The molecule has 0 saturated carbocycles. The van der Waals surface area contributed by atoms with Gasteiger partial charge >= 0.3 is 0 Å². The number of hydrogen-bond acceptors (Lipinski definition) is 5. The van der Waals surface area contributed by atoms with E-state index in [9.17, 15) is 5.11 Å². The summed E-state index contributed by atoms with van der Waals surface area (Å²) in [6, 6.07) is 0. The second-order valence-electron chi connectivity index (χ2n) is 8.75. The Hall–Kier alpha value is 1.66. The number of ether oxygens (including phenoxy) is 3. The van der Waals surface area contributed by atoms with Crippen LogP contribution in [0.25, 0.3) is 0 Å². The summed E-state index contributed by atoms with van der Waals surface area (Å²) in [5, 5.41) is 17.5. The average molecular weight is 686 g/mol. The molecule has 2 fully saturated rings. The van der Waals surface area contributed by atoms with Gasteiger partial charge in [-0.1, -0.05) is 69.4 Å². The van der Waals surface area contributed by atoms with E-state index in [1.54, 1.807) is 0 Å². The van der Waals surface area contributed by atoms with E-state index in [0.29, 0.717) is 17.8 Å². The summed E-state index contributed by atoms with van der Waals surface area (Å²) in [7, 11) is 0. The first-order valence-corrected chi connectivity index (χ1v) is 11.3. The second-order valence-corrected chi connectivity index (χ2v) is 11.0. The Kier molecular flexibility index (Phi) is 11.6. The van der Waals surface area contributed by atoms with Crippen molar-refractivity contribution in [3.8, 4) is 0 Å². The normalized spacial score (nSPS) is 43.4. The first kappa shape index (κ1) is 28.7. The van der Waals surface area contributed by atoms with Crippen molar-refractivity contribution in [3.63, 3.8) is 0 Å². The standard InChI is InChI=1S/C20H34Cl3NO4.Ac/c1-9-11(3)16(27-17(8-25)12(9)4)7-15-10(2)13(5)18(26-14(15)6)28-19(24)20(21,22)23;/h9-18,24-25H,7-8H2,1-6H3;/t9-,10-,11?,12-,13?,14?,15-,16+,17?,18?;/m1./s1. The quantitative estimate of drug-likeness (QED) is 0.247. The minimum Gasteiger partial charge on any atom is -0.448 e. The molecule has 2 N–H and O–H groups in total. The van der Waals surface area contributed by atoms with Crippen LogP contribution in [0.4, 0.5) is 0 Å². The van der Waals surface area contributed by atoms with E-state index in [-0.39, 0.29) is 86.7 Å². The minimum absolute atomic E-state index is 0. The number of halogens is 3. The molecule has 2 rings (SSSR count). The summed E-state index contributed by atoms with van der Waals surface area (Å²) in [6.07, 6.45) is 0.0990. The van der Waals surface area contributed by atoms with E-state index in [0.717, 1.165) is 6.42 Å². The van der Waals surface area contributed by atoms with Gasteiger partial charge in [-0.15, -0.1) is 0 Å². The summed E-state index contributed by atoms with van der Waals surface area (Å²) in [5.74, 6) is 1.35. The number of alkyl halides is 3. The van der Waals surface area contributed by atoms with Crippen molar-refractivity contribution in [2.24, 2.45) is 35.5 Å². The predicted octanol–water partition coefficient (Wildman–Crippen LogP) is 5.04. The molecule has 0 aromatic rings. The van der Waals surface area contributed by atoms with Crippen LogP contribution in [-0.4, -0.2) is 46.0 Å². The summed E-state index contributed by atoms with van der Waals surface area (Å²) in [4.78, 5) is 0. The van der Waals surface area contributed by atoms with Gasteiger partial charge in [0.15, 0.2) is 0 Å². The molecular formula is C20H34AcCl3NO4. The van der Waals surface area contributed by atoms with Gasteiger partial charge in [-0.2, -0.15) is 0 Å². The monoisotopic (exact) mass is 684 g/mol. The second kappa shape index (κ2) is 11.7. The number of aliphatic hydroxyl groups excluding tert-OH is 1. The van der Waals surface area contributed by atoms with E-state index in [4.69, 9.17) is 54.4 Å². The summed E-state index contributed by atoms with van der Waals surface area (Å²) >= 11 is 17.2. The van der Waals surface area contributed by atoms with Crippen LogP contribution in [0.5, 0.6) is 0 Å². The zero-order valence-corrected chi connectivity index (χ0v) is 25.1. The molecule has 0 aromatic heterocycles. The zero-order valence-electron chi connectivity index (χ0n) is 18.1. The molecule has 0 bridgehead atoms. The van der Waals surface area contributed by atoms with Gasteiger partial charge in [0.05, 0.1) is 24.9 Å². The molecule has 0 aliphatic carbocycles. The van der Waals surface area contributed by atoms with Crippen LogP contribution in [0.15, 0.2) is 0 Å². The van der Waals surface area contributed by atoms with Crippen LogP contribution in [0.1, 0.15) is 48.0 Å². The Morgan fingerprint density at radius 3 is 1.97 bits per heavy atom. The fourth-order valence-electron chi connectivity index (χ4n) is 4.60. The van der Waals surface area contributed by atoms with E-state index >= 15 is 0 Å². The minimum atomic E-state index is -1.90. The molecule has 0 aromatic carbocycles. The number of aliphatic hydroxyl groups is 1. The van der Waals surface area contributed by atoms with Gasteiger partial charge in [-0.3, -0.25) is 5.41 Å². The molecule has 2 aliphatic rings. The Bertz CT molecular complexity index is 548. The van der Waals surface area contributed by atoms with Crippen molar-refractivity contribution >= 4 is 40.7 Å². The fraction of sp³-hybridized carbons (Fsp3) is 0.950. The van der Waals surface area contributed by atoms with Crippen LogP contribution in [0, 0.1) is 85.0 Å². The van der Waals surface area contributed by atoms with Gasteiger partial charge < -0.3 is 19.3 Å². The Morgan fingerprint density at radius 2 is 1.45 bits per heavy atom. The van der Waals surface area contributed by atoms with Gasteiger partial charge in [-0.05, 0) is 42.9 Å². The SMILES string of the molecule is CC1[C@H](C[C@H]2C(C)OC(OC(=N)C(Cl)(Cl)Cl)C(C)[C@H]2C)OC(CO)[C@H](C)[C@@H]1C.[Ac]. The van der Waals surface area contributed by atoms with Gasteiger partial charge in [0.25, 0.3) is 3.79 Å². The molecule has 9 heteroatoms. The Labute approximate surface area is 225 Å². The van der Waals surface area contributed by atoms with Crippen LogP contribution in [-0.2, 0) is 14.2 Å². The molecule has 167 valence electrons. The molecule has 0 amide bonds. The van der Waals surface area contributed by atoms with Crippen molar-refractivity contribution in [3.05, 3.63) is 0 Å². The Morgan fingerprint density at radius 1 is 0.897 bits per heavy atom. The third kappa shape index (κ3) is 6.83. The molecule has 2 heterocycles. The van der Waals surface area contributed by atoms with Gasteiger partial charge in [0.1, 0.15) is 0 Å². The van der Waals surface area contributed by atoms with Gasteiger partial charge in [0, 0.05) is 50.0 Å². The number of nitrogens with one attached hydrogen (secondary N) is 1. The van der Waals surface area contributed by atoms with Crippen molar-refractivity contribution in [2.75, 3.05) is 6.61 Å². The maximum atomic E-state index is 9.70. The smallest absolute Gasteiger partial charge is 0.265 e. The summed E-state index contributed by atoms with van der Waals surface area (Å²) in [6.45, 7) is 12.9. The maximum Gasteiger partial charge on any atom is 0.265 e. The molecule has 10 atom stereocenters. The van der Waals surface area contributed by atoms with Crippen LogP contribution >= 0.6 is 34.8 Å². The molecule has 2 saturated heterocycles. The molecule has 5 unspecified atom stereocenters. The van der Waals surface area contributed by atoms with Gasteiger partial charge in [0.2, 0.25) is 12.2 Å². The van der Waals surface area contributed by atoms with Crippen LogP contribution in [0.2, 0.25) is 0 Å². The van der Waals surface area contributed by atoms with E-state index in [2.05, 4.69) is 27.7 Å². The van der Waals surface area contributed by atoms with E-state index < -0.39 is 16.0 Å².